The molecule has 1 atom stereocenters. The predicted molar refractivity (Wildman–Crippen MR) is 134 cm³/mol. The fourth-order valence-electron chi connectivity index (χ4n) is 4.50. The van der Waals surface area contributed by atoms with Gasteiger partial charge in [-0.05, 0) is 76.7 Å². The van der Waals surface area contributed by atoms with Gasteiger partial charge in [0.25, 0.3) is 0 Å². The first kappa shape index (κ1) is 24.3. The lowest BCUT2D eigenvalue weighted by Crippen LogP contribution is -2.43. The quantitative estimate of drug-likeness (QED) is 0.481. The third-order valence-electron chi connectivity index (χ3n) is 6.44. The Labute approximate surface area is 194 Å². The van der Waals surface area contributed by atoms with Crippen LogP contribution in [0.25, 0.3) is 0 Å². The van der Waals surface area contributed by atoms with E-state index in [1.54, 1.807) is 0 Å². The van der Waals surface area contributed by atoms with E-state index in [9.17, 15) is 0 Å². The summed E-state index contributed by atoms with van der Waals surface area (Å²) in [6, 6.07) is 9.27. The highest BCUT2D eigenvalue weighted by atomic mass is 15.3. The van der Waals surface area contributed by atoms with Crippen LogP contribution in [0.3, 0.4) is 0 Å². The van der Waals surface area contributed by atoms with E-state index in [4.69, 9.17) is 4.99 Å². The Kier molecular flexibility index (Phi) is 9.15. The summed E-state index contributed by atoms with van der Waals surface area (Å²) in [5.41, 5.74) is 6.32. The highest BCUT2D eigenvalue weighted by Gasteiger charge is 2.14. The number of nitrogens with one attached hydrogen (secondary N) is 2. The number of benzene rings is 1. The molecule has 3 rings (SSSR count). The van der Waals surface area contributed by atoms with Crippen LogP contribution in [0.15, 0.2) is 29.3 Å². The van der Waals surface area contributed by atoms with E-state index in [0.717, 1.165) is 31.2 Å². The van der Waals surface area contributed by atoms with Gasteiger partial charge in [-0.15, -0.1) is 0 Å². The van der Waals surface area contributed by atoms with Crippen LogP contribution in [0, 0.1) is 13.8 Å². The first-order chi connectivity index (χ1) is 15.5. The van der Waals surface area contributed by atoms with Crippen LogP contribution in [0.2, 0.25) is 0 Å². The van der Waals surface area contributed by atoms with Crippen LogP contribution >= 0.6 is 0 Å². The number of guanidine groups is 1. The molecule has 2 aromatic rings. The van der Waals surface area contributed by atoms with Crippen LogP contribution in [0.5, 0.6) is 0 Å². The topological polar surface area (TPSA) is 57.5 Å². The summed E-state index contributed by atoms with van der Waals surface area (Å²) >= 11 is 0. The molecule has 1 aromatic heterocycles. The molecule has 1 aromatic carbocycles. The molecular weight excluding hydrogens is 396 g/mol. The van der Waals surface area contributed by atoms with Crippen LogP contribution < -0.4 is 10.6 Å². The van der Waals surface area contributed by atoms with Crippen molar-refractivity contribution in [3.8, 4) is 0 Å². The van der Waals surface area contributed by atoms with E-state index in [2.05, 4.69) is 72.6 Å². The van der Waals surface area contributed by atoms with Gasteiger partial charge in [0.2, 0.25) is 0 Å². The third kappa shape index (κ3) is 7.09. The monoisotopic (exact) mass is 438 g/mol. The molecule has 1 aliphatic rings. The number of hydrogen-bond donors (Lipinski definition) is 2. The van der Waals surface area contributed by atoms with Gasteiger partial charge in [0.05, 0.1) is 12.2 Å². The van der Waals surface area contributed by atoms with Gasteiger partial charge in [-0.3, -0.25) is 9.58 Å². The van der Waals surface area contributed by atoms with Crippen LogP contribution in [-0.4, -0.2) is 46.3 Å². The minimum absolute atomic E-state index is 0.269. The summed E-state index contributed by atoms with van der Waals surface area (Å²) in [6.45, 7) is 13.6. The third-order valence-corrected chi connectivity index (χ3v) is 6.44. The van der Waals surface area contributed by atoms with E-state index in [0.29, 0.717) is 6.54 Å². The number of aliphatic imine (C=N–C) groups is 1. The van der Waals surface area contributed by atoms with Crippen LogP contribution in [-0.2, 0) is 26.6 Å². The fourth-order valence-corrected chi connectivity index (χ4v) is 4.50. The molecule has 0 amide bonds. The van der Waals surface area contributed by atoms with Crippen molar-refractivity contribution >= 4 is 5.96 Å². The Bertz CT molecular complexity index is 859. The molecule has 6 heteroatoms. The Morgan fingerprint density at radius 1 is 1.06 bits per heavy atom. The first-order valence-electron chi connectivity index (χ1n) is 12.3. The molecule has 2 heterocycles. The molecule has 2 N–H and O–H groups in total. The van der Waals surface area contributed by atoms with Gasteiger partial charge in [0.15, 0.2) is 5.96 Å². The van der Waals surface area contributed by atoms with E-state index >= 15 is 0 Å². The summed E-state index contributed by atoms with van der Waals surface area (Å²) in [5, 5.41) is 11.5. The molecule has 1 unspecified atom stereocenters. The lowest BCUT2D eigenvalue weighted by atomic mass is 10.1. The number of nitrogens with zero attached hydrogens (tertiary/aromatic N) is 4. The van der Waals surface area contributed by atoms with E-state index < -0.39 is 0 Å². The van der Waals surface area contributed by atoms with Gasteiger partial charge in [-0.1, -0.05) is 37.1 Å². The molecule has 32 heavy (non-hydrogen) atoms. The van der Waals surface area contributed by atoms with Gasteiger partial charge in [0, 0.05) is 31.9 Å². The fraction of sp³-hybridized carbons (Fsp3) is 0.615. The van der Waals surface area contributed by atoms with Crippen molar-refractivity contribution in [1.82, 2.24) is 25.3 Å². The smallest absolute Gasteiger partial charge is 0.191 e. The standard InChI is InChI=1S/C26H42N6/c1-6-27-26(29-20(2)17-25-21(3)30-31(5)22(25)4)28-18-23-11-13-24(14-12-23)19-32-15-9-7-8-10-16-32/h11-14,20H,6-10,15-19H2,1-5H3,(H2,27,28,29). The molecule has 0 saturated carbocycles. The maximum atomic E-state index is 4.84. The average Bonchev–Trinajstić information content (AvgIpc) is 2.95. The molecule has 0 bridgehead atoms. The molecule has 176 valence electrons. The maximum Gasteiger partial charge on any atom is 0.191 e. The average molecular weight is 439 g/mol. The zero-order valence-electron chi connectivity index (χ0n) is 20.7. The summed E-state index contributed by atoms with van der Waals surface area (Å²) < 4.78 is 1.97. The van der Waals surface area contributed by atoms with Crippen molar-refractivity contribution in [3.63, 3.8) is 0 Å². The molecule has 1 aliphatic heterocycles. The lowest BCUT2D eigenvalue weighted by Gasteiger charge is -2.20. The predicted octanol–water partition coefficient (Wildman–Crippen LogP) is 4.10. The van der Waals surface area contributed by atoms with Crippen molar-refractivity contribution < 1.29 is 0 Å². The maximum absolute atomic E-state index is 4.84. The van der Waals surface area contributed by atoms with Crippen molar-refractivity contribution in [2.24, 2.45) is 12.0 Å². The molecule has 6 nitrogen and oxygen atoms in total. The van der Waals surface area contributed by atoms with Crippen LogP contribution in [0.1, 0.15) is 67.6 Å². The molecule has 0 radical (unpaired) electrons. The SMILES string of the molecule is CCNC(=NCc1ccc(CN2CCCCCC2)cc1)NC(C)Cc1c(C)nn(C)c1C. The second-order valence-electron chi connectivity index (χ2n) is 9.22. The second-order valence-corrected chi connectivity index (χ2v) is 9.22. The molecule has 0 spiro atoms. The Hall–Kier alpha value is -2.34. The Morgan fingerprint density at radius 2 is 1.72 bits per heavy atom. The Morgan fingerprint density at radius 3 is 2.31 bits per heavy atom. The van der Waals surface area contributed by atoms with Gasteiger partial charge in [-0.25, -0.2) is 4.99 Å². The number of hydrogen-bond acceptors (Lipinski definition) is 3. The highest BCUT2D eigenvalue weighted by molar-refractivity contribution is 5.80. The highest BCUT2D eigenvalue weighted by Crippen LogP contribution is 2.15. The number of likely N-dealkylation sites (tertiary alicyclic amines) is 1. The van der Waals surface area contributed by atoms with E-state index in [1.165, 1.54) is 61.2 Å². The minimum atomic E-state index is 0.269. The van der Waals surface area contributed by atoms with Gasteiger partial charge in [-0.2, -0.15) is 5.10 Å². The largest absolute Gasteiger partial charge is 0.357 e. The number of rotatable bonds is 8. The summed E-state index contributed by atoms with van der Waals surface area (Å²) in [7, 11) is 2.01. The van der Waals surface area contributed by atoms with Crippen molar-refractivity contribution in [2.75, 3.05) is 19.6 Å². The molecular formula is C26H42N6. The Balaban J connectivity index is 1.55. The van der Waals surface area contributed by atoms with Crippen molar-refractivity contribution in [2.45, 2.75) is 78.9 Å². The number of aryl methyl sites for hydroxylation is 2. The summed E-state index contributed by atoms with van der Waals surface area (Å²) in [5.74, 6) is 0.868. The lowest BCUT2D eigenvalue weighted by molar-refractivity contribution is 0.277. The zero-order valence-corrected chi connectivity index (χ0v) is 20.7. The summed E-state index contributed by atoms with van der Waals surface area (Å²) in [6.07, 6.45) is 6.38. The minimum Gasteiger partial charge on any atom is -0.357 e. The van der Waals surface area contributed by atoms with Crippen molar-refractivity contribution in [1.29, 1.82) is 0 Å². The van der Waals surface area contributed by atoms with Gasteiger partial charge >= 0.3 is 0 Å². The summed E-state index contributed by atoms with van der Waals surface area (Å²) in [4.78, 5) is 7.43. The van der Waals surface area contributed by atoms with E-state index in [1.807, 2.05) is 11.7 Å². The first-order valence-corrected chi connectivity index (χ1v) is 12.3. The van der Waals surface area contributed by atoms with Gasteiger partial charge in [0.1, 0.15) is 0 Å². The van der Waals surface area contributed by atoms with Gasteiger partial charge < -0.3 is 10.6 Å². The van der Waals surface area contributed by atoms with Crippen LogP contribution in [0.4, 0.5) is 0 Å². The molecule has 1 fully saturated rings. The van der Waals surface area contributed by atoms with E-state index in [-0.39, 0.29) is 6.04 Å². The van der Waals surface area contributed by atoms with Crippen molar-refractivity contribution in [3.05, 3.63) is 52.3 Å². The number of aromatic nitrogens is 2. The zero-order chi connectivity index (χ0) is 22.9. The molecule has 1 saturated heterocycles. The molecule has 0 aliphatic carbocycles. The normalized spacial score (nSPS) is 16.6. The second kappa shape index (κ2) is 12.0.